The highest BCUT2D eigenvalue weighted by Gasteiger charge is 2.29. The Kier molecular flexibility index (Phi) is 10.1. The first-order chi connectivity index (χ1) is 12.0. The molecule has 1 rings (SSSR count). The lowest BCUT2D eigenvalue weighted by Crippen LogP contribution is -2.06. The van der Waals surface area contributed by atoms with E-state index in [4.69, 9.17) is 5.11 Å². The van der Waals surface area contributed by atoms with Crippen molar-refractivity contribution in [2.75, 3.05) is 0 Å². The van der Waals surface area contributed by atoms with Gasteiger partial charge in [0.2, 0.25) is 0 Å². The summed E-state index contributed by atoms with van der Waals surface area (Å²) in [5.74, 6) is 4.98. The van der Waals surface area contributed by atoms with Crippen molar-refractivity contribution in [1.82, 2.24) is 0 Å². The van der Waals surface area contributed by atoms with Crippen molar-refractivity contribution in [3.8, 4) is 11.8 Å². The monoisotopic (exact) mass is 350 g/mol. The molecule has 0 amide bonds. The number of unbranched alkanes of at least 4 members (excludes halogenated alkanes) is 4. The van der Waals surface area contributed by atoms with E-state index in [1.807, 2.05) is 0 Å². The maximum Gasteiger partial charge on any atom is 0.303 e. The van der Waals surface area contributed by atoms with E-state index in [1.165, 1.54) is 0 Å². The maximum absolute atomic E-state index is 12.0. The zero-order valence-electron chi connectivity index (χ0n) is 15.1. The third-order valence-electron chi connectivity index (χ3n) is 4.39. The molecule has 0 radical (unpaired) electrons. The molecule has 2 atom stereocenters. The van der Waals surface area contributed by atoms with Crippen LogP contribution in [0.3, 0.4) is 0 Å². The second-order valence-electron chi connectivity index (χ2n) is 6.65. The zero-order chi connectivity index (χ0) is 18.7. The molecule has 0 aromatic heterocycles. The lowest BCUT2D eigenvalue weighted by Gasteiger charge is -2.05. The van der Waals surface area contributed by atoms with Gasteiger partial charge >= 0.3 is 5.97 Å². The van der Waals surface area contributed by atoms with Crippen LogP contribution in [-0.2, 0) is 9.59 Å². The van der Waals surface area contributed by atoms with Gasteiger partial charge in [-0.05, 0) is 25.7 Å². The molecular weight excluding hydrogens is 320 g/mol. The number of Topliss-reactive ketones (excluding diaryl/α,β-unsaturated/α-hetero) is 1. The average molecular weight is 350 g/mol. The number of aliphatic carboxylic acids is 1. The summed E-state index contributed by atoms with van der Waals surface area (Å²) in [5, 5.41) is 28.4. The van der Waals surface area contributed by atoms with Crippen molar-refractivity contribution in [1.29, 1.82) is 0 Å². The van der Waals surface area contributed by atoms with E-state index < -0.39 is 18.2 Å². The van der Waals surface area contributed by atoms with Gasteiger partial charge in [-0.3, -0.25) is 9.59 Å². The van der Waals surface area contributed by atoms with E-state index in [1.54, 1.807) is 0 Å². The molecule has 0 saturated heterocycles. The van der Waals surface area contributed by atoms with Gasteiger partial charge in [0, 0.05) is 30.4 Å². The Balaban J connectivity index is 2.51. The molecule has 25 heavy (non-hydrogen) atoms. The first kappa shape index (κ1) is 21.4. The van der Waals surface area contributed by atoms with Crippen LogP contribution in [0.4, 0.5) is 0 Å². The molecule has 140 valence electrons. The van der Waals surface area contributed by atoms with E-state index in [9.17, 15) is 19.8 Å². The zero-order valence-corrected chi connectivity index (χ0v) is 15.1. The van der Waals surface area contributed by atoms with Crippen molar-refractivity contribution >= 4 is 11.8 Å². The molecule has 5 nitrogen and oxygen atoms in total. The summed E-state index contributed by atoms with van der Waals surface area (Å²) in [5.41, 5.74) is 1.12. The van der Waals surface area contributed by atoms with Crippen molar-refractivity contribution in [2.24, 2.45) is 0 Å². The smallest absolute Gasteiger partial charge is 0.303 e. The summed E-state index contributed by atoms with van der Waals surface area (Å²) < 4.78 is 0. The fourth-order valence-electron chi connectivity index (χ4n) is 2.92. The van der Waals surface area contributed by atoms with Crippen LogP contribution in [0, 0.1) is 11.8 Å². The first-order valence-corrected chi connectivity index (χ1v) is 9.28. The third kappa shape index (κ3) is 8.33. The van der Waals surface area contributed by atoms with Crippen LogP contribution in [0.25, 0.3) is 0 Å². The number of carbonyl (C=O) groups excluding carboxylic acids is 1. The second kappa shape index (κ2) is 11.8. The Hall–Kier alpha value is -1.64. The summed E-state index contributed by atoms with van der Waals surface area (Å²) in [6, 6.07) is 0. The molecular formula is C20H30O5. The standard InChI is InChI=1S/C20H30O5/c1-2-3-9-15(21)10-8-12-17-16(18(22)14-19(17)23)11-6-4-5-7-13-20(24)25/h15,19,21,23H,2-7,9-11,13-14H2,1H3,(H,24,25)/t15-,19?/m0/s1. The molecule has 5 heteroatoms. The van der Waals surface area contributed by atoms with Crippen LogP contribution < -0.4 is 0 Å². The number of aliphatic hydroxyl groups excluding tert-OH is 2. The Morgan fingerprint density at radius 3 is 2.64 bits per heavy atom. The first-order valence-electron chi connectivity index (χ1n) is 9.28. The minimum atomic E-state index is -0.824. The molecule has 0 bridgehead atoms. The number of aliphatic hydroxyl groups is 2. The fraction of sp³-hybridized carbons (Fsp3) is 0.700. The topological polar surface area (TPSA) is 94.8 Å². The number of ketones is 1. The number of allylic oxidation sites excluding steroid dienone is 1. The summed E-state index contributed by atoms with van der Waals surface area (Å²) >= 11 is 0. The molecule has 0 aromatic carbocycles. The largest absolute Gasteiger partial charge is 0.481 e. The van der Waals surface area contributed by atoms with E-state index in [0.29, 0.717) is 30.4 Å². The maximum atomic E-state index is 12.0. The highest BCUT2D eigenvalue weighted by molar-refractivity contribution is 6.00. The van der Waals surface area contributed by atoms with E-state index >= 15 is 0 Å². The SMILES string of the molecule is CCCC[C@H](O)CC#CC1=C(CCCCCCC(=O)O)C(=O)CC1O. The van der Waals surface area contributed by atoms with Crippen LogP contribution in [0.5, 0.6) is 0 Å². The van der Waals surface area contributed by atoms with Crippen LogP contribution in [0.2, 0.25) is 0 Å². The van der Waals surface area contributed by atoms with Crippen LogP contribution in [0.15, 0.2) is 11.1 Å². The normalized spacial score (nSPS) is 18.2. The van der Waals surface area contributed by atoms with Crippen LogP contribution >= 0.6 is 0 Å². The van der Waals surface area contributed by atoms with Gasteiger partial charge in [-0.2, -0.15) is 0 Å². The fourth-order valence-corrected chi connectivity index (χ4v) is 2.92. The quantitative estimate of drug-likeness (QED) is 0.393. The predicted molar refractivity (Wildman–Crippen MR) is 95.9 cm³/mol. The molecule has 0 aliphatic heterocycles. The van der Waals surface area contributed by atoms with Gasteiger partial charge < -0.3 is 15.3 Å². The van der Waals surface area contributed by atoms with Crippen molar-refractivity contribution < 1.29 is 24.9 Å². The van der Waals surface area contributed by atoms with Gasteiger partial charge in [0.15, 0.2) is 5.78 Å². The van der Waals surface area contributed by atoms with Gasteiger partial charge in [0.25, 0.3) is 0 Å². The number of hydrogen-bond donors (Lipinski definition) is 3. The molecule has 0 heterocycles. The molecule has 0 spiro atoms. The summed E-state index contributed by atoms with van der Waals surface area (Å²) in [6.45, 7) is 2.07. The van der Waals surface area contributed by atoms with Gasteiger partial charge in [0.1, 0.15) is 0 Å². The summed E-state index contributed by atoms with van der Waals surface area (Å²) in [7, 11) is 0. The van der Waals surface area contributed by atoms with Gasteiger partial charge in [-0.1, -0.05) is 44.4 Å². The van der Waals surface area contributed by atoms with Crippen molar-refractivity contribution in [3.63, 3.8) is 0 Å². The minimum absolute atomic E-state index is 0.0473. The molecule has 0 saturated carbocycles. The van der Waals surface area contributed by atoms with Gasteiger partial charge in [0.05, 0.1) is 12.2 Å². The Labute approximate surface area is 150 Å². The Morgan fingerprint density at radius 2 is 1.96 bits per heavy atom. The van der Waals surface area contributed by atoms with Crippen molar-refractivity contribution in [2.45, 2.75) is 89.8 Å². The third-order valence-corrected chi connectivity index (χ3v) is 4.39. The van der Waals surface area contributed by atoms with Gasteiger partial charge in [-0.15, -0.1) is 0 Å². The van der Waals surface area contributed by atoms with E-state index in [0.717, 1.165) is 38.5 Å². The lowest BCUT2D eigenvalue weighted by atomic mass is 10.0. The number of carboxylic acid groups (broad SMARTS) is 1. The lowest BCUT2D eigenvalue weighted by molar-refractivity contribution is -0.137. The highest BCUT2D eigenvalue weighted by atomic mass is 16.4. The van der Waals surface area contributed by atoms with E-state index in [2.05, 4.69) is 18.8 Å². The number of carbonyl (C=O) groups is 2. The van der Waals surface area contributed by atoms with E-state index in [-0.39, 0.29) is 18.6 Å². The summed E-state index contributed by atoms with van der Waals surface area (Å²) in [6.07, 6.45) is 5.73. The molecule has 0 fully saturated rings. The predicted octanol–water partition coefficient (Wildman–Crippen LogP) is 2.99. The molecule has 1 aliphatic rings. The van der Waals surface area contributed by atoms with Crippen molar-refractivity contribution in [3.05, 3.63) is 11.1 Å². The number of rotatable bonds is 11. The number of hydrogen-bond acceptors (Lipinski definition) is 4. The Bertz CT molecular complexity index is 538. The highest BCUT2D eigenvalue weighted by Crippen LogP contribution is 2.27. The Morgan fingerprint density at radius 1 is 1.24 bits per heavy atom. The summed E-state index contributed by atoms with van der Waals surface area (Å²) in [4.78, 5) is 22.5. The molecule has 1 aliphatic carbocycles. The van der Waals surface area contributed by atoms with Crippen LogP contribution in [-0.4, -0.2) is 39.3 Å². The van der Waals surface area contributed by atoms with Crippen LogP contribution in [0.1, 0.15) is 77.6 Å². The molecule has 0 aromatic rings. The van der Waals surface area contributed by atoms with Gasteiger partial charge in [-0.25, -0.2) is 0 Å². The minimum Gasteiger partial charge on any atom is -0.481 e. The molecule has 3 N–H and O–H groups in total. The average Bonchev–Trinajstić information content (AvgIpc) is 2.82. The second-order valence-corrected chi connectivity index (χ2v) is 6.65. The molecule has 1 unspecified atom stereocenters. The number of carboxylic acids is 1.